The zero-order valence-electron chi connectivity index (χ0n) is 14.9. The minimum absolute atomic E-state index is 0.00792. The largest absolute Gasteiger partial charge is 0.305 e. The number of nitriles is 1. The number of fused-ring (bicyclic) bond motifs is 1. The van der Waals surface area contributed by atoms with Gasteiger partial charge in [-0.05, 0) is 24.3 Å². The van der Waals surface area contributed by atoms with Crippen molar-refractivity contribution in [2.45, 2.75) is 13.0 Å². The molecule has 144 valence electrons. The van der Waals surface area contributed by atoms with Crippen molar-refractivity contribution < 1.29 is 13.2 Å². The fraction of sp³-hybridized carbons (Fsp3) is 0.0952. The minimum Gasteiger partial charge on any atom is -0.305 e. The number of hydrogen-bond donors (Lipinski definition) is 0. The molecule has 0 aliphatic heterocycles. The van der Waals surface area contributed by atoms with Gasteiger partial charge in [-0.3, -0.25) is 9.20 Å². The van der Waals surface area contributed by atoms with E-state index in [1.165, 1.54) is 35.1 Å². The van der Waals surface area contributed by atoms with Crippen LogP contribution in [0.1, 0.15) is 5.56 Å². The van der Waals surface area contributed by atoms with Crippen LogP contribution in [0.3, 0.4) is 0 Å². The predicted octanol–water partition coefficient (Wildman–Crippen LogP) is 4.11. The summed E-state index contributed by atoms with van der Waals surface area (Å²) in [5.74, 6) is -0.496. The van der Waals surface area contributed by atoms with Crippen molar-refractivity contribution in [3.8, 4) is 28.5 Å². The first kappa shape index (κ1) is 18.5. The second kappa shape index (κ2) is 7.28. The lowest BCUT2D eigenvalue weighted by atomic mass is 9.97. The van der Waals surface area contributed by atoms with E-state index in [4.69, 9.17) is 0 Å². The van der Waals surface area contributed by atoms with Crippen molar-refractivity contribution in [3.63, 3.8) is 0 Å². The lowest BCUT2D eigenvalue weighted by molar-refractivity contribution is 0.125. The molecule has 0 fully saturated rings. The monoisotopic (exact) mass is 394 g/mol. The molecule has 8 heteroatoms. The molecule has 0 N–H and O–H groups in total. The van der Waals surface area contributed by atoms with Crippen LogP contribution in [0.15, 0.2) is 65.8 Å². The molecule has 2 aromatic carbocycles. The molecule has 0 aliphatic carbocycles. The SMILES string of the molecule is N#Cc1ccccc1-c1cc(-c2cnc3c(=O)n(CC(F)F)ccn23)ccc1F. The van der Waals surface area contributed by atoms with Gasteiger partial charge in [0.1, 0.15) is 5.82 Å². The van der Waals surface area contributed by atoms with Crippen LogP contribution in [0, 0.1) is 17.1 Å². The van der Waals surface area contributed by atoms with Crippen LogP contribution in [-0.2, 0) is 6.54 Å². The summed E-state index contributed by atoms with van der Waals surface area (Å²) in [7, 11) is 0. The van der Waals surface area contributed by atoms with Gasteiger partial charge in [-0.25, -0.2) is 18.2 Å². The molecule has 0 radical (unpaired) electrons. The van der Waals surface area contributed by atoms with Gasteiger partial charge in [0.25, 0.3) is 12.0 Å². The van der Waals surface area contributed by atoms with E-state index in [9.17, 15) is 23.2 Å². The Kier molecular flexibility index (Phi) is 4.64. The third-order valence-electron chi connectivity index (χ3n) is 4.58. The van der Waals surface area contributed by atoms with Gasteiger partial charge in [-0.15, -0.1) is 0 Å². The number of imidazole rings is 1. The molecule has 2 heterocycles. The average Bonchev–Trinajstić information content (AvgIpc) is 3.15. The lowest BCUT2D eigenvalue weighted by Gasteiger charge is -2.09. The minimum atomic E-state index is -2.66. The highest BCUT2D eigenvalue weighted by Crippen LogP contribution is 2.31. The van der Waals surface area contributed by atoms with E-state index in [0.29, 0.717) is 22.4 Å². The summed E-state index contributed by atoms with van der Waals surface area (Å²) in [5, 5.41) is 9.31. The predicted molar refractivity (Wildman–Crippen MR) is 101 cm³/mol. The number of nitrogens with zero attached hydrogens (tertiary/aromatic N) is 4. The number of hydrogen-bond acceptors (Lipinski definition) is 3. The molecular weight excluding hydrogens is 381 g/mol. The Balaban J connectivity index is 1.86. The van der Waals surface area contributed by atoms with Crippen LogP contribution in [0.5, 0.6) is 0 Å². The van der Waals surface area contributed by atoms with E-state index in [0.717, 1.165) is 4.57 Å². The van der Waals surface area contributed by atoms with Gasteiger partial charge < -0.3 is 4.57 Å². The topological polar surface area (TPSA) is 63.1 Å². The third-order valence-corrected chi connectivity index (χ3v) is 4.58. The first-order valence-corrected chi connectivity index (χ1v) is 8.63. The standard InChI is InChI=1S/C21H13F3N4O/c22-17-6-5-13(9-16(17)15-4-2-1-3-14(15)10-25)18-11-26-20-21(29)27(12-19(23)24)7-8-28(18)20/h1-9,11,19H,12H2. The van der Waals surface area contributed by atoms with Crippen molar-refractivity contribution >= 4 is 5.65 Å². The Morgan fingerprint density at radius 3 is 2.66 bits per heavy atom. The Bertz CT molecular complexity index is 1320. The molecular formula is C21H13F3N4O. The highest BCUT2D eigenvalue weighted by atomic mass is 19.3. The maximum Gasteiger partial charge on any atom is 0.294 e. The Labute approximate surface area is 162 Å². The van der Waals surface area contributed by atoms with Gasteiger partial charge in [0.2, 0.25) is 5.65 Å². The molecule has 0 saturated carbocycles. The van der Waals surface area contributed by atoms with Gasteiger partial charge in [0.15, 0.2) is 0 Å². The van der Waals surface area contributed by atoms with E-state index in [-0.39, 0.29) is 11.2 Å². The molecule has 0 unspecified atom stereocenters. The highest BCUT2D eigenvalue weighted by Gasteiger charge is 2.15. The fourth-order valence-corrected chi connectivity index (χ4v) is 3.23. The molecule has 2 aromatic heterocycles. The van der Waals surface area contributed by atoms with E-state index >= 15 is 0 Å². The Morgan fingerprint density at radius 2 is 1.90 bits per heavy atom. The zero-order valence-corrected chi connectivity index (χ0v) is 14.9. The van der Waals surface area contributed by atoms with Gasteiger partial charge in [-0.2, -0.15) is 5.26 Å². The summed E-state index contributed by atoms with van der Waals surface area (Å²) in [6, 6.07) is 13.1. The van der Waals surface area contributed by atoms with Crippen LogP contribution < -0.4 is 5.56 Å². The van der Waals surface area contributed by atoms with Crippen molar-refractivity contribution in [1.29, 1.82) is 5.26 Å². The first-order chi connectivity index (χ1) is 14.0. The molecule has 0 aliphatic rings. The van der Waals surface area contributed by atoms with E-state index in [1.807, 2.05) is 6.07 Å². The number of aromatic nitrogens is 3. The smallest absolute Gasteiger partial charge is 0.294 e. The van der Waals surface area contributed by atoms with Crippen molar-refractivity contribution in [2.24, 2.45) is 0 Å². The zero-order chi connectivity index (χ0) is 20.5. The van der Waals surface area contributed by atoms with Crippen molar-refractivity contribution in [1.82, 2.24) is 14.0 Å². The maximum absolute atomic E-state index is 14.5. The molecule has 4 aromatic rings. The summed E-state index contributed by atoms with van der Waals surface area (Å²) >= 11 is 0. The van der Waals surface area contributed by atoms with Gasteiger partial charge >= 0.3 is 0 Å². The molecule has 5 nitrogen and oxygen atoms in total. The summed E-state index contributed by atoms with van der Waals surface area (Å²) in [5.41, 5.74) is 1.42. The van der Waals surface area contributed by atoms with Gasteiger partial charge in [0, 0.05) is 29.1 Å². The Hall–Kier alpha value is -3.86. The van der Waals surface area contributed by atoms with Crippen LogP contribution >= 0.6 is 0 Å². The summed E-state index contributed by atoms with van der Waals surface area (Å²) in [6.07, 6.45) is 1.50. The van der Waals surface area contributed by atoms with Crippen LogP contribution in [0.2, 0.25) is 0 Å². The molecule has 0 bridgehead atoms. The van der Waals surface area contributed by atoms with Crippen molar-refractivity contribution in [2.75, 3.05) is 0 Å². The number of benzene rings is 2. The van der Waals surface area contributed by atoms with E-state index in [1.54, 1.807) is 30.3 Å². The normalized spacial score (nSPS) is 11.1. The average molecular weight is 394 g/mol. The van der Waals surface area contributed by atoms with Crippen LogP contribution in [0.25, 0.3) is 28.0 Å². The summed E-state index contributed by atoms with van der Waals surface area (Å²) in [4.78, 5) is 16.4. The Morgan fingerprint density at radius 1 is 1.10 bits per heavy atom. The maximum atomic E-state index is 14.5. The quantitative estimate of drug-likeness (QED) is 0.523. The number of halogens is 3. The summed E-state index contributed by atoms with van der Waals surface area (Å²) in [6.45, 7) is -0.719. The third kappa shape index (κ3) is 3.27. The van der Waals surface area contributed by atoms with E-state index < -0.39 is 24.3 Å². The molecule has 0 spiro atoms. The first-order valence-electron chi connectivity index (χ1n) is 8.63. The van der Waals surface area contributed by atoms with Crippen LogP contribution in [-0.4, -0.2) is 20.4 Å². The van der Waals surface area contributed by atoms with Gasteiger partial charge in [-0.1, -0.05) is 18.2 Å². The number of alkyl halides is 2. The molecule has 0 saturated heterocycles. The lowest BCUT2D eigenvalue weighted by Crippen LogP contribution is -2.24. The second-order valence-corrected chi connectivity index (χ2v) is 6.34. The van der Waals surface area contributed by atoms with Crippen LogP contribution in [0.4, 0.5) is 13.2 Å². The summed E-state index contributed by atoms with van der Waals surface area (Å²) < 4.78 is 42.1. The highest BCUT2D eigenvalue weighted by molar-refractivity contribution is 5.76. The molecule has 29 heavy (non-hydrogen) atoms. The fourth-order valence-electron chi connectivity index (χ4n) is 3.23. The molecule has 4 rings (SSSR count). The molecule has 0 atom stereocenters. The second-order valence-electron chi connectivity index (χ2n) is 6.34. The van der Waals surface area contributed by atoms with Gasteiger partial charge in [0.05, 0.1) is 30.1 Å². The van der Waals surface area contributed by atoms with E-state index in [2.05, 4.69) is 4.98 Å². The number of rotatable bonds is 4. The molecule has 0 amide bonds. The van der Waals surface area contributed by atoms with Crippen molar-refractivity contribution in [3.05, 3.63) is 82.8 Å².